The summed E-state index contributed by atoms with van der Waals surface area (Å²) < 4.78 is 0. The summed E-state index contributed by atoms with van der Waals surface area (Å²) in [5.74, 6) is -1.46. The van der Waals surface area contributed by atoms with Gasteiger partial charge in [-0.2, -0.15) is 0 Å². The molecule has 1 aromatic rings. The standard InChI is InChI=1S/C15H14N2O4/c1-2-8-3-6-12(13(19)16-8)17-14(20)10-5-4-9(18)7-11(10)15(17)21/h2,4-5,7,12,18H,3,6H2,1H3,(H,16,19). The van der Waals surface area contributed by atoms with Crippen LogP contribution in [0.2, 0.25) is 0 Å². The number of phenols is 1. The molecule has 0 aromatic heterocycles. The highest BCUT2D eigenvalue weighted by Gasteiger charge is 2.44. The first-order valence-corrected chi connectivity index (χ1v) is 6.70. The van der Waals surface area contributed by atoms with Gasteiger partial charge < -0.3 is 10.4 Å². The predicted octanol–water partition coefficient (Wildman–Crippen LogP) is 1.17. The monoisotopic (exact) mass is 286 g/mol. The van der Waals surface area contributed by atoms with Gasteiger partial charge in [-0.3, -0.25) is 19.3 Å². The van der Waals surface area contributed by atoms with E-state index >= 15 is 0 Å². The van der Waals surface area contributed by atoms with Gasteiger partial charge in [0, 0.05) is 5.70 Å². The van der Waals surface area contributed by atoms with Crippen molar-refractivity contribution in [2.45, 2.75) is 25.8 Å². The lowest BCUT2D eigenvalue weighted by atomic mass is 10.0. The Morgan fingerprint density at radius 1 is 1.24 bits per heavy atom. The average Bonchev–Trinajstić information content (AvgIpc) is 2.71. The third kappa shape index (κ3) is 1.99. The fourth-order valence-electron chi connectivity index (χ4n) is 2.72. The van der Waals surface area contributed by atoms with Crippen molar-refractivity contribution in [2.24, 2.45) is 0 Å². The number of carbonyl (C=O) groups is 3. The second-order valence-corrected chi connectivity index (χ2v) is 5.07. The predicted molar refractivity (Wildman–Crippen MR) is 73.5 cm³/mol. The first kappa shape index (κ1) is 13.4. The number of phenolic OH excluding ortho intramolecular Hbond substituents is 1. The lowest BCUT2D eigenvalue weighted by Gasteiger charge is -2.29. The van der Waals surface area contributed by atoms with Crippen LogP contribution in [-0.2, 0) is 4.79 Å². The summed E-state index contributed by atoms with van der Waals surface area (Å²) in [7, 11) is 0. The van der Waals surface area contributed by atoms with Crippen molar-refractivity contribution in [3.8, 4) is 5.75 Å². The zero-order chi connectivity index (χ0) is 15.1. The van der Waals surface area contributed by atoms with Gasteiger partial charge in [0.1, 0.15) is 11.8 Å². The number of allylic oxidation sites excluding steroid dienone is 2. The van der Waals surface area contributed by atoms with Gasteiger partial charge in [-0.15, -0.1) is 0 Å². The van der Waals surface area contributed by atoms with E-state index in [4.69, 9.17) is 0 Å². The van der Waals surface area contributed by atoms with Gasteiger partial charge in [0.15, 0.2) is 0 Å². The minimum Gasteiger partial charge on any atom is -0.508 e. The molecule has 3 amide bonds. The first-order chi connectivity index (χ1) is 10.0. The summed E-state index contributed by atoms with van der Waals surface area (Å²) >= 11 is 0. The van der Waals surface area contributed by atoms with E-state index in [0.717, 1.165) is 10.6 Å². The molecule has 2 aliphatic heterocycles. The van der Waals surface area contributed by atoms with E-state index in [2.05, 4.69) is 5.32 Å². The summed E-state index contributed by atoms with van der Waals surface area (Å²) in [5, 5.41) is 12.1. The zero-order valence-corrected chi connectivity index (χ0v) is 11.4. The second kappa shape index (κ2) is 4.73. The van der Waals surface area contributed by atoms with E-state index in [1.165, 1.54) is 18.2 Å². The summed E-state index contributed by atoms with van der Waals surface area (Å²) in [5.41, 5.74) is 1.16. The van der Waals surface area contributed by atoms with E-state index in [1.807, 2.05) is 6.92 Å². The molecule has 3 rings (SSSR count). The van der Waals surface area contributed by atoms with Crippen LogP contribution in [-0.4, -0.2) is 33.8 Å². The minimum absolute atomic E-state index is 0.0824. The molecule has 1 atom stereocenters. The number of hydrogen-bond donors (Lipinski definition) is 2. The van der Waals surface area contributed by atoms with Crippen molar-refractivity contribution >= 4 is 17.7 Å². The molecule has 0 radical (unpaired) electrons. The molecule has 1 aromatic carbocycles. The van der Waals surface area contributed by atoms with Crippen molar-refractivity contribution in [1.29, 1.82) is 0 Å². The summed E-state index contributed by atoms with van der Waals surface area (Å²) in [6, 6.07) is 3.21. The Bertz CT molecular complexity index is 693. The van der Waals surface area contributed by atoms with Crippen LogP contribution in [0.25, 0.3) is 0 Å². The zero-order valence-electron chi connectivity index (χ0n) is 11.4. The van der Waals surface area contributed by atoms with E-state index in [0.29, 0.717) is 12.8 Å². The lowest BCUT2D eigenvalue weighted by molar-refractivity contribution is -0.125. The maximum absolute atomic E-state index is 12.4. The Balaban J connectivity index is 1.93. The van der Waals surface area contributed by atoms with Gasteiger partial charge in [-0.05, 0) is 38.0 Å². The molecule has 2 aliphatic rings. The maximum atomic E-state index is 12.4. The SMILES string of the molecule is CC=C1CCC(N2C(=O)c3ccc(O)cc3C2=O)C(=O)N1. The van der Waals surface area contributed by atoms with Crippen LogP contribution in [0.5, 0.6) is 5.75 Å². The average molecular weight is 286 g/mol. The van der Waals surface area contributed by atoms with E-state index < -0.39 is 17.9 Å². The summed E-state index contributed by atoms with van der Waals surface area (Å²) in [6.45, 7) is 1.82. The lowest BCUT2D eigenvalue weighted by Crippen LogP contribution is -2.51. The fraction of sp³-hybridized carbons (Fsp3) is 0.267. The smallest absolute Gasteiger partial charge is 0.262 e. The highest BCUT2D eigenvalue weighted by atomic mass is 16.3. The number of nitrogens with one attached hydrogen (secondary N) is 1. The van der Waals surface area contributed by atoms with Crippen LogP contribution in [0.15, 0.2) is 30.0 Å². The van der Waals surface area contributed by atoms with Gasteiger partial charge in [0.2, 0.25) is 5.91 Å². The van der Waals surface area contributed by atoms with Gasteiger partial charge in [0.25, 0.3) is 11.8 Å². The number of carbonyl (C=O) groups excluding carboxylic acids is 3. The molecule has 2 heterocycles. The number of nitrogens with zero attached hydrogens (tertiary/aromatic N) is 1. The normalized spacial score (nSPS) is 23.5. The van der Waals surface area contributed by atoms with Gasteiger partial charge >= 0.3 is 0 Å². The molecule has 0 aliphatic carbocycles. The van der Waals surface area contributed by atoms with Crippen LogP contribution >= 0.6 is 0 Å². The largest absolute Gasteiger partial charge is 0.508 e. The Kier molecular flexibility index (Phi) is 3.01. The molecule has 2 N–H and O–H groups in total. The van der Waals surface area contributed by atoms with Crippen LogP contribution in [0.3, 0.4) is 0 Å². The number of aromatic hydroxyl groups is 1. The Morgan fingerprint density at radius 3 is 2.62 bits per heavy atom. The number of rotatable bonds is 1. The highest BCUT2D eigenvalue weighted by Crippen LogP contribution is 2.30. The number of amides is 3. The summed E-state index contributed by atoms with van der Waals surface area (Å²) in [4.78, 5) is 37.8. The molecule has 1 saturated heterocycles. The summed E-state index contributed by atoms with van der Waals surface area (Å²) in [6.07, 6.45) is 2.81. The number of benzene rings is 1. The van der Waals surface area contributed by atoms with Crippen molar-refractivity contribution in [2.75, 3.05) is 0 Å². The molecular weight excluding hydrogens is 272 g/mol. The van der Waals surface area contributed by atoms with Crippen molar-refractivity contribution in [1.82, 2.24) is 10.2 Å². The van der Waals surface area contributed by atoms with Gasteiger partial charge in [-0.25, -0.2) is 0 Å². The molecule has 6 heteroatoms. The molecule has 0 saturated carbocycles. The highest BCUT2D eigenvalue weighted by molar-refractivity contribution is 6.23. The number of imide groups is 1. The fourth-order valence-corrected chi connectivity index (χ4v) is 2.72. The number of hydrogen-bond acceptors (Lipinski definition) is 4. The molecular formula is C15H14N2O4. The van der Waals surface area contributed by atoms with Crippen molar-refractivity contribution in [3.63, 3.8) is 0 Å². The van der Waals surface area contributed by atoms with Gasteiger partial charge in [-0.1, -0.05) is 6.08 Å². The minimum atomic E-state index is -0.803. The quantitative estimate of drug-likeness (QED) is 0.759. The van der Waals surface area contributed by atoms with E-state index in [-0.39, 0.29) is 22.8 Å². The molecule has 1 unspecified atom stereocenters. The van der Waals surface area contributed by atoms with Gasteiger partial charge in [0.05, 0.1) is 11.1 Å². The van der Waals surface area contributed by atoms with E-state index in [9.17, 15) is 19.5 Å². The maximum Gasteiger partial charge on any atom is 0.262 e. The third-order valence-electron chi connectivity index (χ3n) is 3.84. The van der Waals surface area contributed by atoms with Crippen LogP contribution in [0.4, 0.5) is 0 Å². The Morgan fingerprint density at radius 2 is 1.95 bits per heavy atom. The molecule has 0 spiro atoms. The second-order valence-electron chi connectivity index (χ2n) is 5.07. The third-order valence-corrected chi connectivity index (χ3v) is 3.84. The van der Waals surface area contributed by atoms with Crippen molar-refractivity contribution in [3.05, 3.63) is 41.1 Å². The molecule has 6 nitrogen and oxygen atoms in total. The first-order valence-electron chi connectivity index (χ1n) is 6.70. The number of piperidine rings is 1. The molecule has 21 heavy (non-hydrogen) atoms. The van der Waals surface area contributed by atoms with E-state index in [1.54, 1.807) is 6.08 Å². The van der Waals surface area contributed by atoms with Crippen LogP contribution in [0, 0.1) is 0 Å². The van der Waals surface area contributed by atoms with Crippen LogP contribution < -0.4 is 5.32 Å². The Hall–Kier alpha value is -2.63. The van der Waals surface area contributed by atoms with Crippen LogP contribution in [0.1, 0.15) is 40.5 Å². The molecule has 1 fully saturated rings. The Labute approximate surface area is 121 Å². The van der Waals surface area contributed by atoms with Crippen molar-refractivity contribution < 1.29 is 19.5 Å². The molecule has 0 bridgehead atoms. The molecule has 108 valence electrons. The number of fused-ring (bicyclic) bond motifs is 1. The topological polar surface area (TPSA) is 86.7 Å².